The molecule has 4 fully saturated rings. The molecule has 0 spiro atoms. The monoisotopic (exact) mass is 1290 g/mol. The average molecular weight is 1290 g/mol. The maximum absolute atomic E-state index is 14.2. The summed E-state index contributed by atoms with van der Waals surface area (Å²) in [7, 11) is 2.73. The summed E-state index contributed by atoms with van der Waals surface area (Å²) in [5.74, 6) is -6.78. The van der Waals surface area contributed by atoms with Crippen LogP contribution in [0.25, 0.3) is 0 Å². The van der Waals surface area contributed by atoms with Crippen LogP contribution in [0, 0.1) is 11.8 Å². The number of nitrogens with one attached hydrogen (secondary N) is 3. The summed E-state index contributed by atoms with van der Waals surface area (Å²) < 4.78 is 36.5. The smallest absolute Gasteiger partial charge is 0.412 e. The number of hydrogen-bond donors (Lipinski definition) is 8. The number of hydrogen-bond acceptors (Lipinski definition) is 22. The van der Waals surface area contributed by atoms with E-state index in [4.69, 9.17) is 34.2 Å². The van der Waals surface area contributed by atoms with Gasteiger partial charge in [-0.3, -0.25) is 53.1 Å². The van der Waals surface area contributed by atoms with Crippen molar-refractivity contribution in [3.63, 3.8) is 0 Å². The number of fused-ring (bicyclic) bond motifs is 6. The molecule has 4 saturated heterocycles. The average Bonchev–Trinajstić information content (AvgIpc) is 1.33. The van der Waals surface area contributed by atoms with Crippen LogP contribution < -0.4 is 26.4 Å². The number of aliphatic hydroxyl groups is 2. The number of methoxy groups -OCH3 is 2. The first-order valence-electron chi connectivity index (χ1n) is 30.5. The second-order valence-corrected chi connectivity index (χ2v) is 25.1. The molecule has 7 amide bonds. The van der Waals surface area contributed by atoms with Gasteiger partial charge in [0.25, 0.3) is 0 Å². The number of phenolic OH excluding ortho intramolecular Hbond substituents is 2. The van der Waals surface area contributed by atoms with Gasteiger partial charge in [0.05, 0.1) is 47.3 Å². The second kappa shape index (κ2) is 28.9. The molecule has 0 bridgehead atoms. The number of anilines is 1. The molecule has 4 heterocycles. The Kier molecular flexibility index (Phi) is 21.6. The number of imide groups is 1. The molecule has 9 rings (SSSR count). The number of nitrogens with zero attached hydrogens (tertiary/aromatic N) is 3. The normalized spacial score (nSPS) is 25.0. The maximum atomic E-state index is 14.2. The van der Waals surface area contributed by atoms with Gasteiger partial charge in [0.2, 0.25) is 29.4 Å². The number of likely N-dealkylation sites (tertiary alicyclic amines) is 1. The predicted molar refractivity (Wildman–Crippen MR) is 323 cm³/mol. The number of phenols is 2. The number of Topliss-reactive ketones (excluding diaryl/α,β-unsaturated/α-hetero) is 2. The van der Waals surface area contributed by atoms with E-state index in [1.807, 2.05) is 4.90 Å². The molecule has 91 heavy (non-hydrogen) atoms. The summed E-state index contributed by atoms with van der Waals surface area (Å²) in [6.07, 6.45) is -3.49. The predicted octanol–water partition coefficient (Wildman–Crippen LogP) is 3.49. The number of nitrogens with two attached hydrogens (primary N) is 1. The highest BCUT2D eigenvalue weighted by atomic mass is 32.2. The lowest BCUT2D eigenvalue weighted by molar-refractivity contribution is -0.248. The van der Waals surface area contributed by atoms with Crippen molar-refractivity contribution in [3.8, 4) is 17.2 Å². The van der Waals surface area contributed by atoms with Gasteiger partial charge < -0.3 is 70.5 Å². The van der Waals surface area contributed by atoms with Crippen LogP contribution in [0.1, 0.15) is 140 Å². The quantitative estimate of drug-likeness (QED) is 0.0253. The number of unbranched alkanes of at least 4 members (excludes halogenated alkanes) is 2. The minimum Gasteiger partial charge on any atom is -0.507 e. The molecule has 3 aromatic rings. The number of amides is 7. The molecule has 0 saturated carbocycles. The summed E-state index contributed by atoms with van der Waals surface area (Å²) in [5, 5.41) is 53.5. The number of aliphatic hydroxyl groups excluding tert-OH is 1. The number of rotatable bonds is 26. The number of ether oxygens (including phenoxy) is 6. The lowest BCUT2D eigenvalue weighted by Crippen LogP contribution is -2.62. The molecule has 4 aliphatic heterocycles. The first-order valence-corrected chi connectivity index (χ1v) is 31.8. The SMILES string of the molecule is COc1cccc2c1C(=O)c1c(O)c3c(c(O)c1C2=O)C[C@@](O)(C(=O)CO)C[C@@H]3O[C@H]1C[C@H]2[C@H](O[C@@H]3[C@@H](OC)N(C(=O)OCc4ccc(NC(=O)[C@@H](CCCNC(N)=O)CC(=O)[C@H](NC(=O)CCCCCN5C(=O)CC(SC)C5=O)C(C)C)cc4)CCN32)[C@H](C)O1. The van der Waals surface area contributed by atoms with Crippen molar-refractivity contribution >= 4 is 76.3 Å². The molecule has 11 atom stereocenters. The van der Waals surface area contributed by atoms with Crippen molar-refractivity contribution < 1.29 is 96.8 Å². The fraction of sp³-hybridized carbons (Fsp3) is 0.556. The zero-order valence-electron chi connectivity index (χ0n) is 51.6. The highest BCUT2D eigenvalue weighted by Crippen LogP contribution is 2.53. The molecule has 27 nitrogen and oxygen atoms in total. The maximum Gasteiger partial charge on any atom is 0.412 e. The minimum absolute atomic E-state index is 0.0562. The van der Waals surface area contributed by atoms with Crippen LogP contribution in [0.2, 0.25) is 0 Å². The van der Waals surface area contributed by atoms with Crippen LogP contribution in [-0.2, 0) is 65.5 Å². The van der Waals surface area contributed by atoms with Crippen molar-refractivity contribution in [3.05, 3.63) is 81.4 Å². The van der Waals surface area contributed by atoms with Crippen molar-refractivity contribution in [2.24, 2.45) is 17.6 Å². The van der Waals surface area contributed by atoms with Crippen molar-refractivity contribution in [1.82, 2.24) is 25.3 Å². The van der Waals surface area contributed by atoms with Gasteiger partial charge in [-0.2, -0.15) is 11.8 Å². The van der Waals surface area contributed by atoms with Crippen LogP contribution in [-0.4, -0.2) is 201 Å². The molecule has 0 aromatic heterocycles. The zero-order valence-corrected chi connectivity index (χ0v) is 52.4. The number of piperazine rings is 1. The van der Waals surface area contributed by atoms with E-state index in [1.54, 1.807) is 51.3 Å². The third-order valence-corrected chi connectivity index (χ3v) is 18.8. The van der Waals surface area contributed by atoms with Gasteiger partial charge in [0.15, 0.2) is 36.1 Å². The van der Waals surface area contributed by atoms with Crippen LogP contribution in [0.4, 0.5) is 15.3 Å². The molecule has 492 valence electrons. The van der Waals surface area contributed by atoms with E-state index in [1.165, 1.54) is 54.0 Å². The Labute approximate surface area is 529 Å². The highest BCUT2D eigenvalue weighted by molar-refractivity contribution is 8.00. The fourth-order valence-electron chi connectivity index (χ4n) is 13.2. The molecular formula is C63H79N7O20S. The molecule has 2 aliphatic carbocycles. The van der Waals surface area contributed by atoms with Crippen molar-refractivity contribution in [2.75, 3.05) is 58.6 Å². The topological polar surface area (TPSA) is 379 Å². The summed E-state index contributed by atoms with van der Waals surface area (Å²) in [6.45, 7) is 4.88. The largest absolute Gasteiger partial charge is 0.507 e. The van der Waals surface area contributed by atoms with Gasteiger partial charge in [-0.1, -0.05) is 44.5 Å². The molecule has 9 N–H and O–H groups in total. The van der Waals surface area contributed by atoms with E-state index in [0.717, 1.165) is 0 Å². The lowest BCUT2D eigenvalue weighted by Gasteiger charge is -2.45. The van der Waals surface area contributed by atoms with E-state index in [9.17, 15) is 68.4 Å². The summed E-state index contributed by atoms with van der Waals surface area (Å²) in [5.41, 5.74) is 2.20. The number of primary amides is 1. The Bertz CT molecular complexity index is 3330. The molecule has 3 aromatic carbocycles. The van der Waals surface area contributed by atoms with E-state index in [0.29, 0.717) is 36.9 Å². The minimum atomic E-state index is -2.35. The van der Waals surface area contributed by atoms with E-state index < -0.39 is 138 Å². The number of benzene rings is 3. The van der Waals surface area contributed by atoms with Gasteiger partial charge in [0.1, 0.15) is 42.2 Å². The number of aromatic hydroxyl groups is 2. The summed E-state index contributed by atoms with van der Waals surface area (Å²) in [6, 6.07) is 8.79. The number of carbonyl (C=O) groups excluding carboxylic acids is 10. The summed E-state index contributed by atoms with van der Waals surface area (Å²) in [4.78, 5) is 137. The Hall–Kier alpha value is -7.57. The highest BCUT2D eigenvalue weighted by Gasteiger charge is 2.57. The standard InChI is InChI=1S/C63H79N7O20S/c1-31(2)51(67-44(74)15-8-7-9-21-69-45(75)26-42(91-6)58(69)81)39(72)24-34(12-11-20-65-61(64)82)57(80)66-35-18-16-33(17-19-35)30-87-62(83)70-23-22-68-38-25-46(88-32(3)56(38)90-60(68)59(70)86-5)89-41-28-63(84,43(73)29-71)27-37-48(41)55(79)50-49(53(37)77)52(76)36-13-10-14-40(85-4)47(36)54(50)78/h10,13-14,16-19,31-32,34,38,41-42,46,51,56,59-60,71,77,79,84H,7-9,11-12,15,20-30H2,1-6H3,(H,66,80)(H,67,74)(H3,64,65,82)/t32-,34-,38-,41-,42?,46-,51+,56+,59+,60+,63-/m0/s1. The van der Waals surface area contributed by atoms with Gasteiger partial charge in [-0.05, 0) is 68.5 Å². The zero-order chi connectivity index (χ0) is 65.7. The molecular weight excluding hydrogens is 1210 g/mol. The van der Waals surface area contributed by atoms with Crippen molar-refractivity contribution in [1.29, 1.82) is 0 Å². The number of urea groups is 1. The van der Waals surface area contributed by atoms with Gasteiger partial charge in [-0.25, -0.2) is 9.59 Å². The van der Waals surface area contributed by atoms with Gasteiger partial charge >= 0.3 is 12.1 Å². The number of carbonyl (C=O) groups is 10. The Balaban J connectivity index is 0.798. The third kappa shape index (κ3) is 14.3. The number of ketones is 4. The number of thioether (sulfide) groups is 1. The molecule has 1 unspecified atom stereocenters. The molecule has 6 aliphatic rings. The Morgan fingerprint density at radius 1 is 0.912 bits per heavy atom. The van der Waals surface area contributed by atoms with Crippen LogP contribution in [0.3, 0.4) is 0 Å². The first-order chi connectivity index (χ1) is 43.4. The Morgan fingerprint density at radius 2 is 1.65 bits per heavy atom. The van der Waals surface area contributed by atoms with Crippen molar-refractivity contribution in [2.45, 2.75) is 158 Å². The molecule has 0 radical (unpaired) electrons. The van der Waals surface area contributed by atoms with Crippen LogP contribution in [0.5, 0.6) is 17.2 Å². The molecule has 28 heteroatoms. The van der Waals surface area contributed by atoms with Gasteiger partial charge in [-0.15, -0.1) is 0 Å². The van der Waals surface area contributed by atoms with Crippen LogP contribution >= 0.6 is 11.8 Å². The third-order valence-electron chi connectivity index (χ3n) is 17.9. The lowest BCUT2D eigenvalue weighted by atomic mass is 9.72. The van der Waals surface area contributed by atoms with Crippen LogP contribution in [0.15, 0.2) is 42.5 Å². The van der Waals surface area contributed by atoms with E-state index in [2.05, 4.69) is 16.0 Å². The van der Waals surface area contributed by atoms with E-state index >= 15 is 0 Å². The summed E-state index contributed by atoms with van der Waals surface area (Å²) >= 11 is 1.35. The van der Waals surface area contributed by atoms with E-state index in [-0.39, 0.29) is 128 Å². The Morgan fingerprint density at radius 3 is 2.32 bits per heavy atom. The first kappa shape index (κ1) is 67.8. The fourth-order valence-corrected chi connectivity index (χ4v) is 13.8. The van der Waals surface area contributed by atoms with Gasteiger partial charge in [0, 0.05) is 106 Å². The second-order valence-electron chi connectivity index (χ2n) is 24.1.